The van der Waals surface area contributed by atoms with E-state index in [1.165, 1.54) is 0 Å². The van der Waals surface area contributed by atoms with Gasteiger partial charge in [0.2, 0.25) is 0 Å². The molecule has 2 aliphatic rings. The molecule has 0 spiro atoms. The number of ether oxygens (including phenoxy) is 2. The molecule has 0 bridgehead atoms. The first-order valence-electron chi connectivity index (χ1n) is 13.8. The number of fused-ring (bicyclic) bond motifs is 1. The fourth-order valence-electron chi connectivity index (χ4n) is 5.20. The smallest absolute Gasteiger partial charge is 0.182 e. The van der Waals surface area contributed by atoms with E-state index in [2.05, 4.69) is 13.0 Å². The number of hydrogen-bond acceptors (Lipinski definition) is 6. The molecule has 1 atom stereocenters. The lowest BCUT2D eigenvalue weighted by atomic mass is 9.78. The zero-order valence-electron chi connectivity index (χ0n) is 24.4. The number of rotatable bonds is 7. The fraction of sp³-hybridized carbons (Fsp3) is 0.581. The van der Waals surface area contributed by atoms with E-state index in [0.29, 0.717) is 24.4 Å². The van der Waals surface area contributed by atoms with Crippen LogP contribution in [0, 0.1) is 5.41 Å². The predicted molar refractivity (Wildman–Crippen MR) is 159 cm³/mol. The molecule has 0 radical (unpaired) electrons. The summed E-state index contributed by atoms with van der Waals surface area (Å²) in [4.78, 5) is 20.2. The lowest BCUT2D eigenvalue weighted by Crippen LogP contribution is -2.31. The van der Waals surface area contributed by atoms with E-state index in [1.807, 2.05) is 53.7 Å². The third-order valence-electron chi connectivity index (χ3n) is 7.45. The number of hydrogen-bond donors (Lipinski definition) is 2. The second kappa shape index (κ2) is 12.1. The van der Waals surface area contributed by atoms with Gasteiger partial charge in [0, 0.05) is 41.1 Å². The summed E-state index contributed by atoms with van der Waals surface area (Å²) >= 11 is 0. The Kier molecular flexibility index (Phi) is 9.67. The number of benzene rings is 1. The number of aromatic nitrogens is 1. The quantitative estimate of drug-likeness (QED) is 0.347. The highest BCUT2D eigenvalue weighted by molar-refractivity contribution is 8.93. The number of carbonyl (C=O) groups is 1. The molecule has 0 amide bonds. The van der Waals surface area contributed by atoms with Crippen LogP contribution in [0.4, 0.5) is 0 Å². The SMILES string of the molecule is Br.CCc1nc2c(cc1COC1CCCCO1)CN(CC(=O)c1cc(C(C)(C)C)c(O)c(C(C)(C)C)c1)C2=N. The molecule has 1 aromatic heterocycles. The third kappa shape index (κ3) is 6.90. The molecule has 8 heteroatoms. The number of phenolic OH excluding ortho intramolecular Hbond substituents is 1. The molecule has 4 rings (SSSR count). The summed E-state index contributed by atoms with van der Waals surface area (Å²) in [5.41, 5.74) is 4.96. The minimum atomic E-state index is -0.321. The predicted octanol–water partition coefficient (Wildman–Crippen LogP) is 6.59. The van der Waals surface area contributed by atoms with Gasteiger partial charge in [-0.3, -0.25) is 10.2 Å². The van der Waals surface area contributed by atoms with Crippen molar-refractivity contribution in [2.75, 3.05) is 13.2 Å². The molecule has 2 aliphatic heterocycles. The van der Waals surface area contributed by atoms with E-state index < -0.39 is 0 Å². The summed E-state index contributed by atoms with van der Waals surface area (Å²) < 4.78 is 11.7. The van der Waals surface area contributed by atoms with Crippen molar-refractivity contribution in [2.45, 2.75) is 104 Å². The van der Waals surface area contributed by atoms with Crippen LogP contribution in [-0.2, 0) is 39.9 Å². The average Bonchev–Trinajstić information content (AvgIpc) is 3.15. The largest absolute Gasteiger partial charge is 0.507 e. The van der Waals surface area contributed by atoms with Crippen LogP contribution in [-0.4, -0.2) is 46.1 Å². The Bertz CT molecular complexity index is 1190. The lowest BCUT2D eigenvalue weighted by Gasteiger charge is -2.28. The van der Waals surface area contributed by atoms with Crippen LogP contribution < -0.4 is 0 Å². The van der Waals surface area contributed by atoms with E-state index in [0.717, 1.165) is 60.2 Å². The molecule has 1 fully saturated rings. The molecule has 7 nitrogen and oxygen atoms in total. The van der Waals surface area contributed by atoms with E-state index in [-0.39, 0.29) is 58.0 Å². The summed E-state index contributed by atoms with van der Waals surface area (Å²) in [6.07, 6.45) is 3.67. The maximum Gasteiger partial charge on any atom is 0.182 e. The first-order chi connectivity index (χ1) is 17.8. The van der Waals surface area contributed by atoms with Gasteiger partial charge in [0.25, 0.3) is 0 Å². The highest BCUT2D eigenvalue weighted by Gasteiger charge is 2.31. The Labute approximate surface area is 243 Å². The van der Waals surface area contributed by atoms with E-state index >= 15 is 0 Å². The second-order valence-corrected chi connectivity index (χ2v) is 12.6. The van der Waals surface area contributed by atoms with Gasteiger partial charge in [-0.05, 0) is 60.3 Å². The van der Waals surface area contributed by atoms with Crippen LogP contribution in [0.5, 0.6) is 5.75 Å². The molecule has 1 aromatic carbocycles. The second-order valence-electron chi connectivity index (χ2n) is 12.6. The van der Waals surface area contributed by atoms with Crippen molar-refractivity contribution in [3.63, 3.8) is 0 Å². The zero-order valence-corrected chi connectivity index (χ0v) is 26.2. The minimum Gasteiger partial charge on any atom is -0.507 e. The van der Waals surface area contributed by atoms with Crippen LogP contribution in [0.25, 0.3) is 0 Å². The number of amidine groups is 1. The van der Waals surface area contributed by atoms with E-state index in [9.17, 15) is 9.90 Å². The third-order valence-corrected chi connectivity index (χ3v) is 7.45. The Hall–Kier alpha value is -2.29. The van der Waals surface area contributed by atoms with Crippen LogP contribution in [0.2, 0.25) is 0 Å². The molecule has 39 heavy (non-hydrogen) atoms. The number of carbonyl (C=O) groups excluding carboxylic acids is 1. The van der Waals surface area contributed by atoms with Gasteiger partial charge in [0.1, 0.15) is 17.3 Å². The molecule has 0 aliphatic carbocycles. The summed E-state index contributed by atoms with van der Waals surface area (Å²) in [5, 5.41) is 19.8. The summed E-state index contributed by atoms with van der Waals surface area (Å²) in [7, 11) is 0. The first kappa shape index (κ1) is 31.2. The van der Waals surface area contributed by atoms with Crippen LogP contribution in [0.3, 0.4) is 0 Å². The molecular formula is C31H44BrN3O4. The van der Waals surface area contributed by atoms with Gasteiger partial charge in [0.15, 0.2) is 12.1 Å². The summed E-state index contributed by atoms with van der Waals surface area (Å²) in [6, 6.07) is 5.71. The van der Waals surface area contributed by atoms with Gasteiger partial charge < -0.3 is 19.5 Å². The standard InChI is InChI=1S/C31H43N3O4.BrH/c1-8-24-21(18-38-26-11-9-10-12-37-26)13-20-16-34(29(32)27(20)33-24)17-25(35)19-14-22(30(2,3)4)28(36)23(15-19)31(5,6)7;/h13-15,26,32,36H,8-12,16-18H2,1-7H3;1H. The maximum absolute atomic E-state index is 13.6. The Morgan fingerprint density at radius 3 is 2.31 bits per heavy atom. The number of aromatic hydroxyl groups is 1. The van der Waals surface area contributed by atoms with Gasteiger partial charge in [0.05, 0.1) is 13.2 Å². The van der Waals surface area contributed by atoms with E-state index in [4.69, 9.17) is 19.9 Å². The van der Waals surface area contributed by atoms with Gasteiger partial charge in [-0.15, -0.1) is 17.0 Å². The molecule has 2 N–H and O–H groups in total. The van der Waals surface area contributed by atoms with Gasteiger partial charge >= 0.3 is 0 Å². The highest BCUT2D eigenvalue weighted by Crippen LogP contribution is 2.40. The molecule has 0 saturated carbocycles. The fourth-order valence-corrected chi connectivity index (χ4v) is 5.20. The average molecular weight is 603 g/mol. The van der Waals surface area contributed by atoms with Crippen LogP contribution >= 0.6 is 17.0 Å². The number of nitrogens with zero attached hydrogens (tertiary/aromatic N) is 2. The number of Topliss-reactive ketones (excluding diaryl/α,β-unsaturated/α-hetero) is 1. The number of nitrogens with one attached hydrogen (secondary N) is 1. The van der Waals surface area contributed by atoms with Crippen molar-refractivity contribution in [3.8, 4) is 5.75 Å². The first-order valence-corrected chi connectivity index (χ1v) is 13.8. The van der Waals surface area contributed by atoms with Crippen LogP contribution in [0.15, 0.2) is 18.2 Å². The Balaban J connectivity index is 0.00000420. The topological polar surface area (TPSA) is 95.7 Å². The van der Waals surface area contributed by atoms with Gasteiger partial charge in [-0.2, -0.15) is 0 Å². The van der Waals surface area contributed by atoms with Crippen molar-refractivity contribution in [2.24, 2.45) is 0 Å². The molecule has 1 saturated heterocycles. The summed E-state index contributed by atoms with van der Waals surface area (Å²) in [6.45, 7) is 16.0. The van der Waals surface area contributed by atoms with Crippen molar-refractivity contribution in [1.29, 1.82) is 5.41 Å². The Morgan fingerprint density at radius 1 is 1.13 bits per heavy atom. The minimum absolute atomic E-state index is 0. The number of halogens is 1. The van der Waals surface area contributed by atoms with Gasteiger partial charge in [-0.1, -0.05) is 48.5 Å². The highest BCUT2D eigenvalue weighted by atomic mass is 79.9. The maximum atomic E-state index is 13.6. The molecule has 2 aromatic rings. The number of ketones is 1. The zero-order chi connectivity index (χ0) is 27.8. The Morgan fingerprint density at radius 2 is 1.77 bits per heavy atom. The normalized spacial score (nSPS) is 17.7. The molecule has 1 unspecified atom stereocenters. The molecule has 214 valence electrons. The van der Waals surface area contributed by atoms with Crippen molar-refractivity contribution in [3.05, 3.63) is 57.4 Å². The number of aryl methyl sites for hydroxylation is 1. The summed E-state index contributed by atoms with van der Waals surface area (Å²) in [5.74, 6) is 0.455. The van der Waals surface area contributed by atoms with E-state index in [1.54, 1.807) is 4.90 Å². The number of phenols is 1. The lowest BCUT2D eigenvalue weighted by molar-refractivity contribution is -0.169. The molecule has 3 heterocycles. The van der Waals surface area contributed by atoms with Crippen LogP contribution in [0.1, 0.15) is 112 Å². The number of pyridine rings is 1. The monoisotopic (exact) mass is 601 g/mol. The van der Waals surface area contributed by atoms with Crippen molar-refractivity contribution in [1.82, 2.24) is 9.88 Å². The van der Waals surface area contributed by atoms with Crippen molar-refractivity contribution < 1.29 is 19.4 Å². The van der Waals surface area contributed by atoms with Gasteiger partial charge in [-0.25, -0.2) is 4.98 Å². The molecular weight excluding hydrogens is 558 g/mol. The van der Waals surface area contributed by atoms with Crippen molar-refractivity contribution >= 4 is 28.6 Å².